The van der Waals surface area contributed by atoms with Crippen molar-refractivity contribution in [3.8, 4) is 0 Å². The molecule has 0 bridgehead atoms. The molecule has 0 aliphatic rings. The van der Waals surface area contributed by atoms with Crippen LogP contribution in [0.2, 0.25) is 0 Å². The quantitative estimate of drug-likeness (QED) is 0.715. The number of hydrogen-bond donors (Lipinski definition) is 1. The Morgan fingerprint density at radius 3 is 2.00 bits per heavy atom. The van der Waals surface area contributed by atoms with Crippen molar-refractivity contribution in [2.45, 2.75) is 26.2 Å². The summed E-state index contributed by atoms with van der Waals surface area (Å²) >= 11 is 0. The fourth-order valence-corrected chi connectivity index (χ4v) is 2.65. The van der Waals surface area contributed by atoms with Crippen LogP contribution >= 0.6 is 0 Å². The molecule has 0 aromatic heterocycles. The molecule has 4 heteroatoms. The van der Waals surface area contributed by atoms with Crippen LogP contribution in [-0.2, 0) is 22.4 Å². The molecule has 0 saturated carbocycles. The van der Waals surface area contributed by atoms with E-state index in [1.54, 1.807) is 4.90 Å². The van der Waals surface area contributed by atoms with Crippen molar-refractivity contribution >= 4 is 11.8 Å². The van der Waals surface area contributed by atoms with Gasteiger partial charge in [-0.15, -0.1) is 0 Å². The topological polar surface area (TPSA) is 49.4 Å². The summed E-state index contributed by atoms with van der Waals surface area (Å²) < 4.78 is 0. The molecule has 2 rings (SSSR count). The van der Waals surface area contributed by atoms with E-state index >= 15 is 0 Å². The highest BCUT2D eigenvalue weighted by Gasteiger charge is 2.13. The summed E-state index contributed by atoms with van der Waals surface area (Å²) in [5, 5.41) is 2.90. The predicted molar refractivity (Wildman–Crippen MR) is 100 cm³/mol. The maximum atomic E-state index is 12.1. The van der Waals surface area contributed by atoms with Crippen LogP contribution in [0.4, 0.5) is 0 Å². The molecular weight excluding hydrogens is 312 g/mol. The van der Waals surface area contributed by atoms with Crippen molar-refractivity contribution < 1.29 is 9.59 Å². The summed E-state index contributed by atoms with van der Waals surface area (Å²) in [5.41, 5.74) is 2.43. The van der Waals surface area contributed by atoms with Crippen molar-refractivity contribution in [3.63, 3.8) is 0 Å². The molecule has 2 aromatic rings. The first kappa shape index (κ1) is 18.7. The van der Waals surface area contributed by atoms with E-state index in [-0.39, 0.29) is 18.4 Å². The van der Waals surface area contributed by atoms with Gasteiger partial charge in [-0.25, -0.2) is 0 Å². The Bertz CT molecular complexity index is 656. The number of benzene rings is 2. The zero-order valence-electron chi connectivity index (χ0n) is 14.8. The van der Waals surface area contributed by atoms with Crippen LogP contribution in [0, 0.1) is 0 Å². The van der Waals surface area contributed by atoms with E-state index < -0.39 is 0 Å². The molecule has 0 heterocycles. The Kier molecular flexibility index (Phi) is 7.70. The molecular formula is C21H26N2O2. The summed E-state index contributed by atoms with van der Waals surface area (Å²) in [6.07, 6.45) is 2.58. The first-order chi connectivity index (χ1) is 12.1. The summed E-state index contributed by atoms with van der Waals surface area (Å²) in [5.74, 6) is -0.174. The molecule has 25 heavy (non-hydrogen) atoms. The third-order valence-electron chi connectivity index (χ3n) is 4.10. The maximum Gasteiger partial charge on any atom is 0.239 e. The first-order valence-corrected chi connectivity index (χ1v) is 8.75. The molecule has 0 aliphatic heterocycles. The highest BCUT2D eigenvalue weighted by molar-refractivity contribution is 5.83. The predicted octanol–water partition coefficient (Wildman–Crippen LogP) is 2.83. The Morgan fingerprint density at radius 1 is 0.880 bits per heavy atom. The van der Waals surface area contributed by atoms with Gasteiger partial charge in [-0.1, -0.05) is 60.7 Å². The van der Waals surface area contributed by atoms with E-state index in [1.807, 2.05) is 48.5 Å². The second-order valence-electron chi connectivity index (χ2n) is 6.12. The number of nitrogens with zero attached hydrogens (tertiary/aromatic N) is 1. The molecule has 0 atom stereocenters. The number of nitrogens with one attached hydrogen (secondary N) is 1. The molecule has 0 fully saturated rings. The maximum absolute atomic E-state index is 12.1. The van der Waals surface area contributed by atoms with Gasteiger partial charge in [0.05, 0.1) is 6.54 Å². The van der Waals surface area contributed by atoms with Crippen LogP contribution in [0.5, 0.6) is 0 Å². The van der Waals surface area contributed by atoms with Crippen LogP contribution in [0.1, 0.15) is 24.5 Å². The van der Waals surface area contributed by atoms with E-state index in [2.05, 4.69) is 17.4 Å². The number of hydrogen-bond acceptors (Lipinski definition) is 2. The number of carbonyl (C=O) groups is 2. The summed E-state index contributed by atoms with van der Waals surface area (Å²) in [6, 6.07) is 20.2. The van der Waals surface area contributed by atoms with Gasteiger partial charge < -0.3 is 10.2 Å². The fourth-order valence-electron chi connectivity index (χ4n) is 2.65. The third kappa shape index (κ3) is 7.21. The minimum absolute atomic E-state index is 0.0737. The van der Waals surface area contributed by atoms with E-state index in [0.29, 0.717) is 13.1 Å². The molecule has 132 valence electrons. The molecule has 0 radical (unpaired) electrons. The van der Waals surface area contributed by atoms with Gasteiger partial charge in [0.25, 0.3) is 0 Å². The lowest BCUT2D eigenvalue weighted by Gasteiger charge is -2.20. The smallest absolute Gasteiger partial charge is 0.239 e. The average Bonchev–Trinajstić information content (AvgIpc) is 2.64. The van der Waals surface area contributed by atoms with Gasteiger partial charge in [-0.2, -0.15) is 0 Å². The zero-order chi connectivity index (χ0) is 17.9. The van der Waals surface area contributed by atoms with Gasteiger partial charge >= 0.3 is 0 Å². The summed E-state index contributed by atoms with van der Waals surface area (Å²) in [7, 11) is 0. The van der Waals surface area contributed by atoms with Gasteiger partial charge in [-0.3, -0.25) is 9.59 Å². The van der Waals surface area contributed by atoms with Crippen LogP contribution in [-0.4, -0.2) is 36.3 Å². The van der Waals surface area contributed by atoms with E-state index in [4.69, 9.17) is 0 Å². The average molecular weight is 338 g/mol. The monoisotopic (exact) mass is 338 g/mol. The van der Waals surface area contributed by atoms with Crippen molar-refractivity contribution in [2.75, 3.05) is 19.6 Å². The zero-order valence-corrected chi connectivity index (χ0v) is 14.8. The minimum Gasteiger partial charge on any atom is -0.355 e. The van der Waals surface area contributed by atoms with E-state index in [0.717, 1.165) is 24.8 Å². The van der Waals surface area contributed by atoms with Gasteiger partial charge in [-0.05, 0) is 30.4 Å². The van der Waals surface area contributed by atoms with Crippen molar-refractivity contribution in [2.24, 2.45) is 0 Å². The molecule has 0 aliphatic carbocycles. The van der Waals surface area contributed by atoms with Gasteiger partial charge in [0.1, 0.15) is 0 Å². The summed E-state index contributed by atoms with van der Waals surface area (Å²) in [4.78, 5) is 25.4. The number of amides is 2. The van der Waals surface area contributed by atoms with Crippen molar-refractivity contribution in [1.82, 2.24) is 10.2 Å². The normalized spacial score (nSPS) is 10.3. The van der Waals surface area contributed by atoms with Crippen LogP contribution in [0.3, 0.4) is 0 Å². The van der Waals surface area contributed by atoms with Crippen LogP contribution < -0.4 is 5.32 Å². The SMILES string of the molecule is CC(=O)N(CCc1ccccc1)CC(=O)NCCCc1ccccc1. The second kappa shape index (κ2) is 10.3. The standard InChI is InChI=1S/C21H26N2O2/c1-18(24)23(16-14-20-11-6-3-7-12-20)17-21(25)22-15-8-13-19-9-4-2-5-10-19/h2-7,9-12H,8,13-17H2,1H3,(H,22,25). The lowest BCUT2D eigenvalue weighted by atomic mass is 10.1. The van der Waals surface area contributed by atoms with Crippen LogP contribution in [0.25, 0.3) is 0 Å². The minimum atomic E-state index is -0.101. The Morgan fingerprint density at radius 2 is 1.44 bits per heavy atom. The molecule has 2 aromatic carbocycles. The van der Waals surface area contributed by atoms with Crippen molar-refractivity contribution in [3.05, 3.63) is 71.8 Å². The van der Waals surface area contributed by atoms with Crippen LogP contribution in [0.15, 0.2) is 60.7 Å². The van der Waals surface area contributed by atoms with Gasteiger partial charge in [0.15, 0.2) is 0 Å². The molecule has 0 spiro atoms. The van der Waals surface area contributed by atoms with E-state index in [9.17, 15) is 9.59 Å². The van der Waals surface area contributed by atoms with Gasteiger partial charge in [0, 0.05) is 20.0 Å². The second-order valence-corrected chi connectivity index (χ2v) is 6.12. The van der Waals surface area contributed by atoms with Gasteiger partial charge in [0.2, 0.25) is 11.8 Å². The van der Waals surface area contributed by atoms with E-state index in [1.165, 1.54) is 12.5 Å². The largest absolute Gasteiger partial charge is 0.355 e. The Balaban J connectivity index is 1.69. The highest BCUT2D eigenvalue weighted by atomic mass is 16.2. The Labute approximate surface area is 149 Å². The number of aryl methyl sites for hydroxylation is 1. The highest BCUT2D eigenvalue weighted by Crippen LogP contribution is 2.03. The summed E-state index contributed by atoms with van der Waals surface area (Å²) in [6.45, 7) is 2.80. The Hall–Kier alpha value is -2.62. The van der Waals surface area contributed by atoms with Crippen molar-refractivity contribution in [1.29, 1.82) is 0 Å². The molecule has 4 nitrogen and oxygen atoms in total. The third-order valence-corrected chi connectivity index (χ3v) is 4.10. The molecule has 0 unspecified atom stereocenters. The molecule has 2 amide bonds. The first-order valence-electron chi connectivity index (χ1n) is 8.75. The fraction of sp³-hybridized carbons (Fsp3) is 0.333. The molecule has 1 N–H and O–H groups in total. The lowest BCUT2D eigenvalue weighted by Crippen LogP contribution is -2.41. The number of rotatable bonds is 9. The lowest BCUT2D eigenvalue weighted by molar-refractivity contribution is -0.134. The molecule has 0 saturated heterocycles. The number of carbonyl (C=O) groups excluding carboxylic acids is 2.